The number of carbonyl (C=O) groups is 1. The zero-order chi connectivity index (χ0) is 27.5. The second-order valence-electron chi connectivity index (χ2n) is 9.44. The van der Waals surface area contributed by atoms with Crippen LogP contribution in [0.4, 0.5) is 10.3 Å². The number of benzene rings is 1. The molecule has 2 aliphatic heterocycles. The summed E-state index contributed by atoms with van der Waals surface area (Å²) in [4.78, 5) is 38.0. The highest BCUT2D eigenvalue weighted by Crippen LogP contribution is 2.36. The maximum absolute atomic E-state index is 14.4. The number of nitrogens with zero attached hydrogens (tertiary/aromatic N) is 5. The largest absolute Gasteiger partial charge is 0.481 e. The van der Waals surface area contributed by atoms with Crippen LogP contribution >= 0.6 is 0 Å². The van der Waals surface area contributed by atoms with Crippen molar-refractivity contribution in [3.63, 3.8) is 0 Å². The van der Waals surface area contributed by atoms with E-state index in [1.165, 1.54) is 19.2 Å². The second kappa shape index (κ2) is 11.3. The van der Waals surface area contributed by atoms with Gasteiger partial charge in [0.2, 0.25) is 11.8 Å². The molecule has 4 heterocycles. The van der Waals surface area contributed by atoms with E-state index in [1.54, 1.807) is 36.1 Å². The highest BCUT2D eigenvalue weighted by atomic mass is 19.1. The molecule has 11 nitrogen and oxygen atoms in total. The smallest absolute Gasteiger partial charge is 0.251 e. The van der Waals surface area contributed by atoms with Crippen LogP contribution < -0.4 is 16.0 Å². The number of amidine groups is 1. The molecular formula is C27H30FN7O4. The van der Waals surface area contributed by atoms with Gasteiger partial charge >= 0.3 is 0 Å². The summed E-state index contributed by atoms with van der Waals surface area (Å²) in [5.74, 6) is 0.214. The first-order valence-electron chi connectivity index (χ1n) is 12.7. The Balaban J connectivity index is 1.47. The third kappa shape index (κ3) is 5.52. The molecular weight excluding hydrogens is 505 g/mol. The summed E-state index contributed by atoms with van der Waals surface area (Å²) >= 11 is 0. The molecule has 1 amide bonds. The molecule has 2 unspecified atom stereocenters. The zero-order valence-electron chi connectivity index (χ0n) is 21.7. The normalized spacial score (nSPS) is 18.5. The van der Waals surface area contributed by atoms with Gasteiger partial charge in [0.15, 0.2) is 12.4 Å². The number of pyridine rings is 1. The Hall–Kier alpha value is -4.16. The van der Waals surface area contributed by atoms with Crippen molar-refractivity contribution in [2.75, 3.05) is 32.6 Å². The molecule has 2 aliphatic rings. The van der Waals surface area contributed by atoms with Crippen LogP contribution in [0.5, 0.6) is 5.88 Å². The molecule has 1 fully saturated rings. The molecule has 2 aromatic heterocycles. The quantitative estimate of drug-likeness (QED) is 0.387. The summed E-state index contributed by atoms with van der Waals surface area (Å²) in [5, 5.41) is 9.54. The number of aryl methyl sites for hydroxylation is 1. The Morgan fingerprint density at radius 2 is 2.10 bits per heavy atom. The van der Waals surface area contributed by atoms with Crippen molar-refractivity contribution in [3.05, 3.63) is 64.7 Å². The molecule has 204 valence electrons. The number of carbonyl (C=O) groups excluding carboxylic acids is 1. The SMILES string of the molecule is COc1cccc(-c2cc(F)ccc2C2Cc3nc(N)nc(C)c3C(NOCC(=O)N3CCCC3CO)=N2)n1. The fourth-order valence-electron chi connectivity index (χ4n) is 5.14. The molecule has 12 heteroatoms. The van der Waals surface area contributed by atoms with E-state index in [2.05, 4.69) is 20.4 Å². The molecule has 1 aromatic carbocycles. The van der Waals surface area contributed by atoms with Crippen LogP contribution in [0.3, 0.4) is 0 Å². The number of hydroxylamine groups is 1. The monoisotopic (exact) mass is 535 g/mol. The number of ether oxygens (including phenoxy) is 1. The molecule has 4 N–H and O–H groups in total. The number of rotatable bonds is 7. The number of hydrogen-bond acceptors (Lipinski definition) is 10. The van der Waals surface area contributed by atoms with E-state index in [-0.39, 0.29) is 31.1 Å². The van der Waals surface area contributed by atoms with Crippen LogP contribution in [0, 0.1) is 12.7 Å². The molecule has 0 radical (unpaired) electrons. The lowest BCUT2D eigenvalue weighted by Crippen LogP contribution is -2.41. The van der Waals surface area contributed by atoms with E-state index in [0.717, 1.165) is 18.4 Å². The first-order valence-corrected chi connectivity index (χ1v) is 12.7. The molecule has 0 bridgehead atoms. The minimum atomic E-state index is -0.492. The van der Waals surface area contributed by atoms with Crippen LogP contribution in [-0.4, -0.2) is 69.6 Å². The predicted octanol–water partition coefficient (Wildman–Crippen LogP) is 2.13. The Bertz CT molecular complexity index is 1420. The van der Waals surface area contributed by atoms with Gasteiger partial charge in [0.25, 0.3) is 5.91 Å². The Kier molecular flexibility index (Phi) is 7.66. The number of aliphatic imine (C=N–C) groups is 1. The zero-order valence-corrected chi connectivity index (χ0v) is 21.7. The Labute approximate surface area is 224 Å². The number of halogens is 1. The number of likely N-dealkylation sites (tertiary alicyclic amines) is 1. The van der Waals surface area contributed by atoms with Gasteiger partial charge in [-0.2, -0.15) is 0 Å². The summed E-state index contributed by atoms with van der Waals surface area (Å²) in [6.07, 6.45) is 1.98. The maximum Gasteiger partial charge on any atom is 0.251 e. The van der Waals surface area contributed by atoms with Crippen molar-refractivity contribution in [2.45, 2.75) is 38.3 Å². The average Bonchev–Trinajstić information content (AvgIpc) is 3.41. The summed E-state index contributed by atoms with van der Waals surface area (Å²) in [6.45, 7) is 2.04. The number of nitrogen functional groups attached to an aromatic ring is 1. The van der Waals surface area contributed by atoms with E-state index in [0.29, 0.717) is 52.9 Å². The van der Waals surface area contributed by atoms with Gasteiger partial charge in [0.05, 0.1) is 48.4 Å². The molecule has 0 aliphatic carbocycles. The van der Waals surface area contributed by atoms with Crippen LogP contribution in [0.15, 0.2) is 41.4 Å². The average molecular weight is 536 g/mol. The van der Waals surface area contributed by atoms with Gasteiger partial charge < -0.3 is 20.5 Å². The van der Waals surface area contributed by atoms with Gasteiger partial charge in [0, 0.05) is 24.6 Å². The molecule has 3 aromatic rings. The molecule has 2 atom stereocenters. The fraction of sp³-hybridized carbons (Fsp3) is 0.370. The van der Waals surface area contributed by atoms with Gasteiger partial charge in [-0.15, -0.1) is 0 Å². The minimum absolute atomic E-state index is 0.0823. The number of nitrogens with two attached hydrogens (primary N) is 1. The summed E-state index contributed by atoms with van der Waals surface area (Å²) < 4.78 is 19.7. The van der Waals surface area contributed by atoms with Gasteiger partial charge in [-0.05, 0) is 43.5 Å². The first-order chi connectivity index (χ1) is 18.9. The molecule has 0 saturated carbocycles. The minimum Gasteiger partial charge on any atom is -0.481 e. The van der Waals surface area contributed by atoms with Gasteiger partial charge in [-0.25, -0.2) is 24.8 Å². The lowest BCUT2D eigenvalue weighted by atomic mass is 9.91. The number of nitrogens with one attached hydrogen (secondary N) is 1. The molecule has 39 heavy (non-hydrogen) atoms. The lowest BCUT2D eigenvalue weighted by Gasteiger charge is -2.26. The third-order valence-corrected chi connectivity index (χ3v) is 6.95. The fourth-order valence-corrected chi connectivity index (χ4v) is 5.14. The van der Waals surface area contributed by atoms with Crippen LogP contribution in [0.25, 0.3) is 11.3 Å². The number of amides is 1. The summed E-state index contributed by atoms with van der Waals surface area (Å²) in [6, 6.07) is 9.05. The Morgan fingerprint density at radius 3 is 2.90 bits per heavy atom. The highest BCUT2D eigenvalue weighted by molar-refractivity contribution is 6.01. The van der Waals surface area contributed by atoms with E-state index in [4.69, 9.17) is 20.3 Å². The molecule has 1 saturated heterocycles. The highest BCUT2D eigenvalue weighted by Gasteiger charge is 2.30. The van der Waals surface area contributed by atoms with Crippen LogP contribution in [0.2, 0.25) is 0 Å². The van der Waals surface area contributed by atoms with Crippen molar-refractivity contribution in [1.29, 1.82) is 0 Å². The molecule has 5 rings (SSSR count). The van der Waals surface area contributed by atoms with Gasteiger partial charge in [-0.1, -0.05) is 12.1 Å². The predicted molar refractivity (Wildman–Crippen MR) is 141 cm³/mol. The number of anilines is 1. The van der Waals surface area contributed by atoms with Crippen molar-refractivity contribution in [3.8, 4) is 17.1 Å². The summed E-state index contributed by atoms with van der Waals surface area (Å²) in [7, 11) is 1.52. The lowest BCUT2D eigenvalue weighted by molar-refractivity contribution is -0.139. The second-order valence-corrected chi connectivity index (χ2v) is 9.44. The van der Waals surface area contributed by atoms with Crippen molar-refractivity contribution in [1.82, 2.24) is 25.3 Å². The maximum atomic E-state index is 14.4. The third-order valence-electron chi connectivity index (χ3n) is 6.95. The first kappa shape index (κ1) is 26.4. The number of aliphatic hydroxyl groups is 1. The van der Waals surface area contributed by atoms with Crippen molar-refractivity contribution < 1.29 is 23.9 Å². The van der Waals surface area contributed by atoms with Crippen molar-refractivity contribution >= 4 is 17.7 Å². The van der Waals surface area contributed by atoms with E-state index in [1.807, 2.05) is 0 Å². The van der Waals surface area contributed by atoms with Crippen LogP contribution in [0.1, 0.15) is 41.4 Å². The Morgan fingerprint density at radius 1 is 1.26 bits per heavy atom. The van der Waals surface area contributed by atoms with Gasteiger partial charge in [-0.3, -0.25) is 14.6 Å². The van der Waals surface area contributed by atoms with Gasteiger partial charge in [0.1, 0.15) is 5.82 Å². The number of methoxy groups -OCH3 is 1. The topological polar surface area (TPSA) is 148 Å². The van der Waals surface area contributed by atoms with E-state index in [9.17, 15) is 14.3 Å². The molecule has 0 spiro atoms. The number of fused-ring (bicyclic) bond motifs is 1. The van der Waals surface area contributed by atoms with E-state index < -0.39 is 11.9 Å². The van der Waals surface area contributed by atoms with E-state index >= 15 is 0 Å². The number of aliphatic hydroxyl groups excluding tert-OH is 1. The van der Waals surface area contributed by atoms with Crippen molar-refractivity contribution in [2.24, 2.45) is 4.99 Å². The number of aromatic nitrogens is 3. The standard InChI is InChI=1S/C27H30FN7O4/c1-15-25-22(33-27(29)30-15)12-21(32-26(25)34-39-14-24(37)35-10-4-5-17(35)13-36)18-9-8-16(28)11-19(18)20-6-3-7-23(31-20)38-2/h3,6-9,11,17,21,36H,4-5,10,12-14H2,1-2H3,(H,32,34)(H2,29,30,33). The van der Waals surface area contributed by atoms with Crippen LogP contribution in [-0.2, 0) is 16.1 Å². The summed E-state index contributed by atoms with van der Waals surface area (Å²) in [5.41, 5.74) is 12.5. The number of hydrogen-bond donors (Lipinski definition) is 3.